The number of nitrogens with zero attached hydrogens (tertiary/aromatic N) is 1. The number of hydrogen-bond acceptors (Lipinski definition) is 6. The number of unbranched alkanes of at least 4 members (excludes halogenated alkanes) is 3. The highest BCUT2D eigenvalue weighted by Crippen LogP contribution is 2.37. The highest BCUT2D eigenvalue weighted by Gasteiger charge is 2.39. The van der Waals surface area contributed by atoms with Gasteiger partial charge in [0.05, 0.1) is 25.0 Å². The van der Waals surface area contributed by atoms with Crippen molar-refractivity contribution in [3.8, 4) is 5.75 Å². The predicted octanol–water partition coefficient (Wildman–Crippen LogP) is 4.02. The van der Waals surface area contributed by atoms with Gasteiger partial charge in [-0.25, -0.2) is 0 Å². The van der Waals surface area contributed by atoms with E-state index in [0.717, 1.165) is 43.4 Å². The Hall–Kier alpha value is -2.12. The van der Waals surface area contributed by atoms with Crippen LogP contribution in [0.15, 0.2) is 29.4 Å². The quantitative estimate of drug-likeness (QED) is 0.199. The van der Waals surface area contributed by atoms with E-state index in [2.05, 4.69) is 5.16 Å². The fourth-order valence-electron chi connectivity index (χ4n) is 4.68. The Morgan fingerprint density at radius 2 is 1.90 bits per heavy atom. The van der Waals surface area contributed by atoms with Crippen molar-refractivity contribution in [3.63, 3.8) is 0 Å². The summed E-state index contributed by atoms with van der Waals surface area (Å²) in [4.78, 5) is 10.6. The summed E-state index contributed by atoms with van der Waals surface area (Å²) in [5.74, 6) is 0.0535. The molecule has 31 heavy (non-hydrogen) atoms. The lowest BCUT2D eigenvalue weighted by atomic mass is 9.84. The molecule has 4 atom stereocenters. The van der Waals surface area contributed by atoms with Gasteiger partial charge in [0.25, 0.3) is 0 Å². The number of aliphatic hydroxyl groups is 2. The summed E-state index contributed by atoms with van der Waals surface area (Å²) in [6.07, 6.45) is 6.36. The molecule has 0 amide bonds. The molecule has 7 nitrogen and oxygen atoms in total. The number of carboxylic acid groups (broad SMARTS) is 1. The summed E-state index contributed by atoms with van der Waals surface area (Å²) in [6.45, 7) is 0. The summed E-state index contributed by atoms with van der Waals surface area (Å²) in [5.41, 5.74) is 1.69. The number of hydrogen-bond donors (Lipinski definition) is 4. The van der Waals surface area contributed by atoms with E-state index in [0.29, 0.717) is 37.8 Å². The Labute approximate surface area is 184 Å². The molecule has 1 saturated carbocycles. The summed E-state index contributed by atoms with van der Waals surface area (Å²) in [6, 6.07) is 7.80. The van der Waals surface area contributed by atoms with Crippen LogP contribution in [0.1, 0.15) is 69.8 Å². The maximum atomic E-state index is 10.6. The number of carboxylic acids is 1. The number of aliphatic hydroxyl groups excluding tert-OH is 2. The normalized spacial score (nSPS) is 23.2. The standard InChI is InChI=1S/C24H37NO6/c1-31-23-10-7-6-8-17(23)12-13-18(26)14-15-19-20(22(27)16-21(19)25-30)9-4-2-3-5-11-24(28)29/h6-8,10,18-20,22,26-27,30H,2-5,9,11-16H2,1H3,(H,28,29)/b25-21-/t18-,19+,20+,22-/m0/s1. The lowest BCUT2D eigenvalue weighted by molar-refractivity contribution is -0.137. The van der Waals surface area contributed by atoms with Gasteiger partial charge in [-0.15, -0.1) is 0 Å². The number of methoxy groups -OCH3 is 1. The minimum Gasteiger partial charge on any atom is -0.496 e. The molecule has 0 bridgehead atoms. The minimum atomic E-state index is -0.764. The molecular weight excluding hydrogens is 398 g/mol. The number of aryl methyl sites for hydroxylation is 1. The zero-order valence-corrected chi connectivity index (χ0v) is 18.4. The van der Waals surface area contributed by atoms with Crippen LogP contribution in [0.2, 0.25) is 0 Å². The van der Waals surface area contributed by atoms with Crippen LogP contribution in [0.25, 0.3) is 0 Å². The van der Waals surface area contributed by atoms with Crippen molar-refractivity contribution in [3.05, 3.63) is 29.8 Å². The molecule has 1 aliphatic rings. The van der Waals surface area contributed by atoms with E-state index in [9.17, 15) is 20.2 Å². The SMILES string of the molecule is COc1ccccc1CC[C@H](O)CC[C@H]1/C(=N\O)C[C@H](O)[C@@H]1CCCCCCC(=O)O. The molecule has 174 valence electrons. The molecule has 0 spiro atoms. The summed E-state index contributed by atoms with van der Waals surface area (Å²) < 4.78 is 5.37. The monoisotopic (exact) mass is 435 g/mol. The van der Waals surface area contributed by atoms with Crippen molar-refractivity contribution in [2.45, 2.75) is 82.8 Å². The Morgan fingerprint density at radius 3 is 2.61 bits per heavy atom. The van der Waals surface area contributed by atoms with Crippen molar-refractivity contribution < 1.29 is 30.1 Å². The lowest BCUT2D eigenvalue weighted by Crippen LogP contribution is -2.22. The molecule has 1 aromatic carbocycles. The smallest absolute Gasteiger partial charge is 0.303 e. The maximum Gasteiger partial charge on any atom is 0.303 e. The molecule has 4 N–H and O–H groups in total. The van der Waals surface area contributed by atoms with Gasteiger partial charge >= 0.3 is 5.97 Å². The molecule has 1 aliphatic carbocycles. The van der Waals surface area contributed by atoms with Crippen molar-refractivity contribution in [2.24, 2.45) is 17.0 Å². The molecule has 2 rings (SSSR count). The molecule has 0 radical (unpaired) electrons. The van der Waals surface area contributed by atoms with Gasteiger partial charge in [-0.2, -0.15) is 0 Å². The number of oxime groups is 1. The average molecular weight is 436 g/mol. The zero-order valence-electron chi connectivity index (χ0n) is 18.4. The van der Waals surface area contributed by atoms with Crippen molar-refractivity contribution in [2.75, 3.05) is 7.11 Å². The van der Waals surface area contributed by atoms with E-state index in [1.54, 1.807) is 7.11 Å². The Bertz CT molecular complexity index is 707. The third-order valence-corrected chi connectivity index (χ3v) is 6.41. The van der Waals surface area contributed by atoms with Gasteiger partial charge in [-0.3, -0.25) is 4.79 Å². The van der Waals surface area contributed by atoms with E-state index in [-0.39, 0.29) is 18.3 Å². The van der Waals surface area contributed by atoms with Crippen LogP contribution >= 0.6 is 0 Å². The summed E-state index contributed by atoms with van der Waals surface area (Å²) in [7, 11) is 1.64. The number of para-hydroxylation sites is 1. The van der Waals surface area contributed by atoms with E-state index in [1.165, 1.54) is 0 Å². The van der Waals surface area contributed by atoms with E-state index in [4.69, 9.17) is 9.84 Å². The third-order valence-electron chi connectivity index (χ3n) is 6.41. The molecule has 7 heteroatoms. The van der Waals surface area contributed by atoms with Crippen LogP contribution in [-0.2, 0) is 11.2 Å². The van der Waals surface area contributed by atoms with E-state index < -0.39 is 18.2 Å². The summed E-state index contributed by atoms with van der Waals surface area (Å²) in [5, 5.41) is 42.5. The predicted molar refractivity (Wildman–Crippen MR) is 119 cm³/mol. The van der Waals surface area contributed by atoms with Crippen LogP contribution in [0.4, 0.5) is 0 Å². The van der Waals surface area contributed by atoms with Crippen molar-refractivity contribution >= 4 is 11.7 Å². The molecule has 0 unspecified atom stereocenters. The van der Waals surface area contributed by atoms with Gasteiger partial charge in [0.2, 0.25) is 0 Å². The van der Waals surface area contributed by atoms with Crippen LogP contribution in [0, 0.1) is 11.8 Å². The van der Waals surface area contributed by atoms with Gasteiger partial charge in [0.15, 0.2) is 0 Å². The molecule has 0 saturated heterocycles. The molecule has 0 heterocycles. The Kier molecular flexibility index (Phi) is 10.8. The molecule has 1 fully saturated rings. The second-order valence-corrected chi connectivity index (χ2v) is 8.56. The first-order chi connectivity index (χ1) is 15.0. The number of rotatable bonds is 14. The van der Waals surface area contributed by atoms with Crippen LogP contribution in [-0.4, -0.2) is 51.5 Å². The number of aliphatic carboxylic acids is 1. The first kappa shape index (κ1) is 25.1. The Balaban J connectivity index is 1.80. The molecular formula is C24H37NO6. The highest BCUT2D eigenvalue weighted by molar-refractivity contribution is 5.89. The topological polar surface area (TPSA) is 120 Å². The van der Waals surface area contributed by atoms with Gasteiger partial charge in [0, 0.05) is 18.8 Å². The van der Waals surface area contributed by atoms with Gasteiger partial charge in [0.1, 0.15) is 5.75 Å². The molecule has 1 aromatic rings. The van der Waals surface area contributed by atoms with Crippen molar-refractivity contribution in [1.29, 1.82) is 0 Å². The van der Waals surface area contributed by atoms with Gasteiger partial charge in [-0.05, 0) is 56.1 Å². The first-order valence-electron chi connectivity index (χ1n) is 11.4. The zero-order chi connectivity index (χ0) is 22.6. The van der Waals surface area contributed by atoms with Gasteiger partial charge in [-0.1, -0.05) is 42.6 Å². The Morgan fingerprint density at radius 1 is 1.16 bits per heavy atom. The first-order valence-corrected chi connectivity index (χ1v) is 11.4. The van der Waals surface area contributed by atoms with Crippen LogP contribution in [0.5, 0.6) is 5.75 Å². The highest BCUT2D eigenvalue weighted by atomic mass is 16.5. The fraction of sp³-hybridized carbons (Fsp3) is 0.667. The van der Waals surface area contributed by atoms with Gasteiger partial charge < -0.3 is 25.3 Å². The number of carbonyl (C=O) groups is 1. The van der Waals surface area contributed by atoms with Crippen molar-refractivity contribution in [1.82, 2.24) is 0 Å². The minimum absolute atomic E-state index is 0.0202. The largest absolute Gasteiger partial charge is 0.496 e. The second-order valence-electron chi connectivity index (χ2n) is 8.56. The third kappa shape index (κ3) is 8.15. The van der Waals surface area contributed by atoms with Crippen LogP contribution in [0.3, 0.4) is 0 Å². The number of benzene rings is 1. The fourth-order valence-corrected chi connectivity index (χ4v) is 4.68. The number of ether oxygens (including phenoxy) is 1. The second kappa shape index (κ2) is 13.3. The molecule has 0 aliphatic heterocycles. The lowest BCUT2D eigenvalue weighted by Gasteiger charge is -2.23. The average Bonchev–Trinajstić information content (AvgIpc) is 3.07. The van der Waals surface area contributed by atoms with E-state index in [1.807, 2.05) is 24.3 Å². The van der Waals surface area contributed by atoms with Crippen LogP contribution < -0.4 is 4.74 Å². The molecule has 0 aromatic heterocycles. The maximum absolute atomic E-state index is 10.6. The van der Waals surface area contributed by atoms with E-state index >= 15 is 0 Å². The summed E-state index contributed by atoms with van der Waals surface area (Å²) >= 11 is 0.